The SMILES string of the molecule is CCOC(=O)C(C)(N)CCN1CCCC(CC)C1. The van der Waals surface area contributed by atoms with Crippen molar-refractivity contribution in [3.05, 3.63) is 0 Å². The van der Waals surface area contributed by atoms with Crippen molar-refractivity contribution in [3.63, 3.8) is 0 Å². The zero-order valence-corrected chi connectivity index (χ0v) is 12.1. The summed E-state index contributed by atoms with van der Waals surface area (Å²) in [6.45, 7) is 9.40. The van der Waals surface area contributed by atoms with Crippen LogP contribution in [-0.4, -0.2) is 42.6 Å². The van der Waals surface area contributed by atoms with Crippen molar-refractivity contribution < 1.29 is 9.53 Å². The molecule has 0 bridgehead atoms. The van der Waals surface area contributed by atoms with Crippen LogP contribution in [0.1, 0.15) is 46.5 Å². The molecule has 4 heteroatoms. The topological polar surface area (TPSA) is 55.6 Å². The van der Waals surface area contributed by atoms with Crippen LogP contribution in [0.25, 0.3) is 0 Å². The first-order chi connectivity index (χ1) is 8.49. The lowest BCUT2D eigenvalue weighted by Crippen LogP contribution is -2.49. The fraction of sp³-hybridized carbons (Fsp3) is 0.929. The highest BCUT2D eigenvalue weighted by Crippen LogP contribution is 2.20. The lowest BCUT2D eigenvalue weighted by atomic mass is 9.94. The van der Waals surface area contributed by atoms with Crippen LogP contribution in [0.2, 0.25) is 0 Å². The van der Waals surface area contributed by atoms with Gasteiger partial charge in [0.1, 0.15) is 5.54 Å². The fourth-order valence-corrected chi connectivity index (χ4v) is 2.48. The second kappa shape index (κ2) is 7.10. The number of carbonyl (C=O) groups is 1. The molecule has 1 fully saturated rings. The monoisotopic (exact) mass is 256 g/mol. The Labute approximate surface area is 111 Å². The zero-order valence-electron chi connectivity index (χ0n) is 12.1. The van der Waals surface area contributed by atoms with E-state index in [4.69, 9.17) is 10.5 Å². The van der Waals surface area contributed by atoms with Gasteiger partial charge < -0.3 is 15.4 Å². The Morgan fingerprint density at radius 1 is 1.50 bits per heavy atom. The van der Waals surface area contributed by atoms with Gasteiger partial charge in [0.2, 0.25) is 0 Å². The van der Waals surface area contributed by atoms with Crippen molar-refractivity contribution in [2.45, 2.75) is 52.0 Å². The van der Waals surface area contributed by atoms with E-state index in [1.54, 1.807) is 6.92 Å². The Morgan fingerprint density at radius 2 is 2.22 bits per heavy atom. The summed E-state index contributed by atoms with van der Waals surface area (Å²) in [4.78, 5) is 14.1. The second-order valence-electron chi connectivity index (χ2n) is 5.61. The molecular weight excluding hydrogens is 228 g/mol. The molecule has 0 aliphatic carbocycles. The van der Waals surface area contributed by atoms with Gasteiger partial charge in [-0.05, 0) is 45.6 Å². The van der Waals surface area contributed by atoms with Gasteiger partial charge in [-0.2, -0.15) is 0 Å². The van der Waals surface area contributed by atoms with Crippen molar-refractivity contribution in [3.8, 4) is 0 Å². The number of nitrogens with two attached hydrogens (primary N) is 1. The highest BCUT2D eigenvalue weighted by Gasteiger charge is 2.30. The van der Waals surface area contributed by atoms with Crippen molar-refractivity contribution in [2.75, 3.05) is 26.2 Å². The Morgan fingerprint density at radius 3 is 2.83 bits per heavy atom. The van der Waals surface area contributed by atoms with E-state index >= 15 is 0 Å². The Hall–Kier alpha value is -0.610. The Kier molecular flexibility index (Phi) is 6.09. The third-order valence-corrected chi connectivity index (χ3v) is 3.87. The number of likely N-dealkylation sites (tertiary alicyclic amines) is 1. The number of carbonyl (C=O) groups excluding carboxylic acids is 1. The molecule has 0 amide bonds. The van der Waals surface area contributed by atoms with Crippen LogP contribution >= 0.6 is 0 Å². The normalized spacial score (nSPS) is 24.6. The van der Waals surface area contributed by atoms with Gasteiger partial charge in [-0.3, -0.25) is 4.79 Å². The molecular formula is C14H28N2O2. The first-order valence-electron chi connectivity index (χ1n) is 7.18. The van der Waals surface area contributed by atoms with Crippen LogP contribution in [0.3, 0.4) is 0 Å². The smallest absolute Gasteiger partial charge is 0.325 e. The molecule has 2 atom stereocenters. The van der Waals surface area contributed by atoms with Gasteiger partial charge >= 0.3 is 5.97 Å². The zero-order chi connectivity index (χ0) is 13.6. The summed E-state index contributed by atoms with van der Waals surface area (Å²) < 4.78 is 5.01. The number of piperidine rings is 1. The summed E-state index contributed by atoms with van der Waals surface area (Å²) in [5.41, 5.74) is 5.18. The number of hydrogen-bond donors (Lipinski definition) is 1. The number of hydrogen-bond acceptors (Lipinski definition) is 4. The summed E-state index contributed by atoms with van der Waals surface area (Å²) in [7, 11) is 0. The number of rotatable bonds is 6. The molecule has 1 rings (SSSR count). The first kappa shape index (κ1) is 15.4. The molecule has 2 unspecified atom stereocenters. The van der Waals surface area contributed by atoms with E-state index < -0.39 is 5.54 Å². The average Bonchev–Trinajstić information content (AvgIpc) is 2.37. The largest absolute Gasteiger partial charge is 0.465 e. The highest BCUT2D eigenvalue weighted by molar-refractivity contribution is 5.79. The number of nitrogens with zero attached hydrogens (tertiary/aromatic N) is 1. The summed E-state index contributed by atoms with van der Waals surface area (Å²) in [5, 5.41) is 0. The molecule has 106 valence electrons. The van der Waals surface area contributed by atoms with E-state index in [1.807, 2.05) is 6.92 Å². The molecule has 18 heavy (non-hydrogen) atoms. The van der Waals surface area contributed by atoms with Crippen LogP contribution in [-0.2, 0) is 9.53 Å². The van der Waals surface area contributed by atoms with Gasteiger partial charge in [0.05, 0.1) is 6.61 Å². The third-order valence-electron chi connectivity index (χ3n) is 3.87. The number of ether oxygens (including phenoxy) is 1. The second-order valence-corrected chi connectivity index (χ2v) is 5.61. The van der Waals surface area contributed by atoms with E-state index in [1.165, 1.54) is 19.3 Å². The molecule has 2 N–H and O–H groups in total. The lowest BCUT2D eigenvalue weighted by Gasteiger charge is -2.34. The molecule has 1 heterocycles. The Balaban J connectivity index is 2.37. The molecule has 0 aromatic rings. The maximum absolute atomic E-state index is 11.7. The molecule has 0 aromatic heterocycles. The van der Waals surface area contributed by atoms with Gasteiger partial charge in [0.15, 0.2) is 0 Å². The predicted molar refractivity (Wildman–Crippen MR) is 73.3 cm³/mol. The summed E-state index contributed by atoms with van der Waals surface area (Å²) in [6, 6.07) is 0. The van der Waals surface area contributed by atoms with E-state index in [0.29, 0.717) is 13.0 Å². The van der Waals surface area contributed by atoms with E-state index in [9.17, 15) is 4.79 Å². The Bertz CT molecular complexity index is 267. The summed E-state index contributed by atoms with van der Waals surface area (Å²) >= 11 is 0. The van der Waals surface area contributed by atoms with Crippen molar-refractivity contribution >= 4 is 5.97 Å². The average molecular weight is 256 g/mol. The van der Waals surface area contributed by atoms with E-state index in [2.05, 4.69) is 11.8 Å². The molecule has 1 aliphatic heterocycles. The molecule has 0 radical (unpaired) electrons. The van der Waals surface area contributed by atoms with Gasteiger partial charge in [-0.15, -0.1) is 0 Å². The van der Waals surface area contributed by atoms with Crippen molar-refractivity contribution in [1.29, 1.82) is 0 Å². The van der Waals surface area contributed by atoms with Crippen LogP contribution in [0.4, 0.5) is 0 Å². The standard InChI is InChI=1S/C14H28N2O2/c1-4-12-7-6-9-16(11-12)10-8-14(3,15)13(17)18-5-2/h12H,4-11,15H2,1-3H3. The maximum Gasteiger partial charge on any atom is 0.325 e. The van der Waals surface area contributed by atoms with Crippen LogP contribution in [0.15, 0.2) is 0 Å². The van der Waals surface area contributed by atoms with Gasteiger partial charge in [0, 0.05) is 13.1 Å². The summed E-state index contributed by atoms with van der Waals surface area (Å²) in [5.74, 6) is 0.527. The quantitative estimate of drug-likeness (QED) is 0.736. The minimum atomic E-state index is -0.852. The van der Waals surface area contributed by atoms with Gasteiger partial charge in [-0.25, -0.2) is 0 Å². The highest BCUT2D eigenvalue weighted by atomic mass is 16.5. The summed E-state index contributed by atoms with van der Waals surface area (Å²) in [6.07, 6.45) is 4.51. The van der Waals surface area contributed by atoms with Crippen molar-refractivity contribution in [2.24, 2.45) is 11.7 Å². The first-order valence-corrected chi connectivity index (χ1v) is 7.18. The number of esters is 1. The van der Waals surface area contributed by atoms with Gasteiger partial charge in [-0.1, -0.05) is 13.3 Å². The van der Waals surface area contributed by atoms with Crippen LogP contribution in [0.5, 0.6) is 0 Å². The third kappa shape index (κ3) is 4.58. The van der Waals surface area contributed by atoms with E-state index in [-0.39, 0.29) is 5.97 Å². The van der Waals surface area contributed by atoms with Crippen LogP contribution in [0, 0.1) is 5.92 Å². The fourth-order valence-electron chi connectivity index (χ4n) is 2.48. The molecule has 4 nitrogen and oxygen atoms in total. The van der Waals surface area contributed by atoms with Crippen molar-refractivity contribution in [1.82, 2.24) is 4.90 Å². The van der Waals surface area contributed by atoms with E-state index in [0.717, 1.165) is 25.6 Å². The van der Waals surface area contributed by atoms with Crippen LogP contribution < -0.4 is 5.73 Å². The molecule has 0 saturated carbocycles. The predicted octanol–water partition coefficient (Wildman–Crippen LogP) is 1.78. The molecule has 0 aromatic carbocycles. The maximum atomic E-state index is 11.7. The minimum absolute atomic E-state index is 0.283. The lowest BCUT2D eigenvalue weighted by molar-refractivity contribution is -0.149. The van der Waals surface area contributed by atoms with Gasteiger partial charge in [0.25, 0.3) is 0 Å². The molecule has 0 spiro atoms. The molecule has 1 saturated heterocycles. The minimum Gasteiger partial charge on any atom is -0.465 e. The molecule has 1 aliphatic rings.